The third-order valence-electron chi connectivity index (χ3n) is 4.66. The molecule has 5 rings (SSSR count). The van der Waals surface area contributed by atoms with Crippen molar-refractivity contribution < 1.29 is 8.83 Å². The maximum Gasteiger partial charge on any atom is 0.247 e. The minimum absolute atomic E-state index is 0.465. The van der Waals surface area contributed by atoms with Crippen molar-refractivity contribution in [1.29, 1.82) is 0 Å². The second kappa shape index (κ2) is 7.97. The maximum absolute atomic E-state index is 5.96. The first-order valence-corrected chi connectivity index (χ1v) is 9.81. The Hall–Kier alpha value is -3.70. The van der Waals surface area contributed by atoms with Crippen LogP contribution in [0.4, 0.5) is 0 Å². The molecule has 30 heavy (non-hydrogen) atoms. The predicted molar refractivity (Wildman–Crippen MR) is 115 cm³/mol. The zero-order chi connectivity index (χ0) is 20.3. The van der Waals surface area contributed by atoms with Gasteiger partial charge in [-0.25, -0.2) is 4.98 Å². The van der Waals surface area contributed by atoms with Crippen molar-refractivity contribution in [2.75, 3.05) is 0 Å². The van der Waals surface area contributed by atoms with Gasteiger partial charge in [-0.15, -0.1) is 10.2 Å². The standard InChI is InChI=1S/C24H16ClN3O2/c25-20-11-9-17(10-12-20)21-15-26-23(29-21)18-7-4-8-19(14-18)24-28-27-22(30-24)13-16-5-2-1-3-6-16/h1-12,14-15H,13H2. The molecule has 0 spiro atoms. The summed E-state index contributed by atoms with van der Waals surface area (Å²) in [5.41, 5.74) is 3.67. The third kappa shape index (κ3) is 3.88. The molecule has 0 unspecified atom stereocenters. The molecule has 2 aromatic heterocycles. The molecule has 0 aliphatic carbocycles. The molecule has 0 N–H and O–H groups in total. The van der Waals surface area contributed by atoms with E-state index in [1.165, 1.54) is 0 Å². The summed E-state index contributed by atoms with van der Waals surface area (Å²) in [6.07, 6.45) is 2.30. The Labute approximate surface area is 178 Å². The highest BCUT2D eigenvalue weighted by molar-refractivity contribution is 6.30. The lowest BCUT2D eigenvalue weighted by atomic mass is 10.1. The van der Waals surface area contributed by atoms with E-state index in [4.69, 9.17) is 20.4 Å². The molecular formula is C24H16ClN3O2. The number of rotatable bonds is 5. The zero-order valence-electron chi connectivity index (χ0n) is 15.8. The highest BCUT2D eigenvalue weighted by Gasteiger charge is 2.13. The fourth-order valence-electron chi connectivity index (χ4n) is 3.15. The molecule has 5 nitrogen and oxygen atoms in total. The molecule has 146 valence electrons. The Kier molecular flexibility index (Phi) is 4.87. The number of aromatic nitrogens is 3. The number of hydrogen-bond donors (Lipinski definition) is 0. The van der Waals surface area contributed by atoms with Gasteiger partial charge >= 0.3 is 0 Å². The lowest BCUT2D eigenvalue weighted by Crippen LogP contribution is -1.87. The summed E-state index contributed by atoms with van der Waals surface area (Å²) in [5, 5.41) is 9.05. The van der Waals surface area contributed by atoms with Crippen molar-refractivity contribution in [2.24, 2.45) is 0 Å². The zero-order valence-corrected chi connectivity index (χ0v) is 16.6. The first-order valence-electron chi connectivity index (χ1n) is 9.43. The number of halogens is 1. The predicted octanol–water partition coefficient (Wildman–Crippen LogP) is 6.30. The molecule has 0 bridgehead atoms. The van der Waals surface area contributed by atoms with Gasteiger partial charge in [-0.2, -0.15) is 0 Å². The molecule has 0 fully saturated rings. The SMILES string of the molecule is Clc1ccc(-c2cnc(-c3cccc(-c4nnc(Cc5ccccc5)o4)c3)o2)cc1. The molecule has 0 atom stereocenters. The fraction of sp³-hybridized carbons (Fsp3) is 0.0417. The van der Waals surface area contributed by atoms with Crippen molar-refractivity contribution >= 4 is 11.6 Å². The van der Waals surface area contributed by atoms with Crippen LogP contribution in [0.25, 0.3) is 34.2 Å². The highest BCUT2D eigenvalue weighted by Crippen LogP contribution is 2.29. The molecule has 0 radical (unpaired) electrons. The van der Waals surface area contributed by atoms with E-state index >= 15 is 0 Å². The van der Waals surface area contributed by atoms with Crippen LogP contribution in [0.1, 0.15) is 11.5 Å². The van der Waals surface area contributed by atoms with E-state index in [2.05, 4.69) is 15.2 Å². The molecule has 2 heterocycles. The van der Waals surface area contributed by atoms with Crippen molar-refractivity contribution in [3.8, 4) is 34.2 Å². The Morgan fingerprint density at radius 3 is 2.27 bits per heavy atom. The second-order valence-corrected chi connectivity index (χ2v) is 7.22. The first kappa shape index (κ1) is 18.3. The van der Waals surface area contributed by atoms with Crippen molar-refractivity contribution in [3.63, 3.8) is 0 Å². The normalized spacial score (nSPS) is 11.0. The number of oxazole rings is 1. The topological polar surface area (TPSA) is 65.0 Å². The van der Waals surface area contributed by atoms with Gasteiger partial charge in [0.1, 0.15) is 0 Å². The van der Waals surface area contributed by atoms with Crippen LogP contribution in [-0.4, -0.2) is 15.2 Å². The molecule has 0 aliphatic heterocycles. The Morgan fingerprint density at radius 1 is 0.700 bits per heavy atom. The average molecular weight is 414 g/mol. The van der Waals surface area contributed by atoms with E-state index in [1.807, 2.05) is 78.9 Å². The third-order valence-corrected chi connectivity index (χ3v) is 4.91. The van der Waals surface area contributed by atoms with Crippen molar-refractivity contribution in [2.45, 2.75) is 6.42 Å². The van der Waals surface area contributed by atoms with Gasteiger partial charge in [0.05, 0.1) is 12.6 Å². The molecule has 3 aromatic carbocycles. The summed E-state index contributed by atoms with van der Waals surface area (Å²) in [6, 6.07) is 25.2. The molecular weight excluding hydrogens is 398 g/mol. The number of benzene rings is 3. The Bertz CT molecular complexity index is 1280. The fourth-order valence-corrected chi connectivity index (χ4v) is 3.28. The van der Waals surface area contributed by atoms with Crippen LogP contribution in [0.15, 0.2) is 93.9 Å². The van der Waals surface area contributed by atoms with E-state index in [-0.39, 0.29) is 0 Å². The van der Waals surface area contributed by atoms with E-state index in [1.54, 1.807) is 6.20 Å². The summed E-state index contributed by atoms with van der Waals surface area (Å²) in [6.45, 7) is 0. The summed E-state index contributed by atoms with van der Waals surface area (Å²) >= 11 is 5.96. The Morgan fingerprint density at radius 2 is 1.47 bits per heavy atom. The molecule has 5 aromatic rings. The van der Waals surface area contributed by atoms with Gasteiger partial charge in [-0.05, 0) is 48.0 Å². The largest absolute Gasteiger partial charge is 0.436 e. The van der Waals surface area contributed by atoms with Gasteiger partial charge in [-0.3, -0.25) is 0 Å². The van der Waals surface area contributed by atoms with Gasteiger partial charge in [0, 0.05) is 21.7 Å². The van der Waals surface area contributed by atoms with Gasteiger partial charge in [0.15, 0.2) is 5.76 Å². The second-order valence-electron chi connectivity index (χ2n) is 6.78. The quantitative estimate of drug-likeness (QED) is 0.338. The monoisotopic (exact) mass is 413 g/mol. The van der Waals surface area contributed by atoms with Crippen LogP contribution in [-0.2, 0) is 6.42 Å². The minimum atomic E-state index is 0.465. The number of hydrogen-bond acceptors (Lipinski definition) is 5. The Balaban J connectivity index is 1.39. The first-order chi connectivity index (χ1) is 14.7. The van der Waals surface area contributed by atoms with E-state index in [0.717, 1.165) is 22.3 Å². The maximum atomic E-state index is 5.96. The van der Waals surface area contributed by atoms with Gasteiger partial charge in [-0.1, -0.05) is 48.0 Å². The molecule has 0 saturated carbocycles. The highest BCUT2D eigenvalue weighted by atomic mass is 35.5. The van der Waals surface area contributed by atoms with Crippen LogP contribution in [0.2, 0.25) is 5.02 Å². The average Bonchev–Trinajstić information content (AvgIpc) is 3.45. The summed E-state index contributed by atoms with van der Waals surface area (Å²) in [7, 11) is 0. The van der Waals surface area contributed by atoms with Crippen LogP contribution in [0, 0.1) is 0 Å². The van der Waals surface area contributed by atoms with Crippen LogP contribution in [0.3, 0.4) is 0 Å². The minimum Gasteiger partial charge on any atom is -0.436 e. The smallest absolute Gasteiger partial charge is 0.247 e. The molecule has 6 heteroatoms. The lowest BCUT2D eigenvalue weighted by Gasteiger charge is -2.00. The molecule has 0 aliphatic rings. The van der Waals surface area contributed by atoms with Gasteiger partial charge in [0.25, 0.3) is 0 Å². The summed E-state index contributed by atoms with van der Waals surface area (Å²) < 4.78 is 11.8. The van der Waals surface area contributed by atoms with E-state index < -0.39 is 0 Å². The van der Waals surface area contributed by atoms with Crippen LogP contribution >= 0.6 is 11.6 Å². The number of nitrogens with zero attached hydrogens (tertiary/aromatic N) is 3. The summed E-state index contributed by atoms with van der Waals surface area (Å²) in [4.78, 5) is 4.41. The van der Waals surface area contributed by atoms with Gasteiger partial charge < -0.3 is 8.83 Å². The van der Waals surface area contributed by atoms with E-state index in [0.29, 0.717) is 34.9 Å². The van der Waals surface area contributed by atoms with Crippen molar-refractivity contribution in [3.05, 3.63) is 102 Å². The van der Waals surface area contributed by atoms with Crippen LogP contribution < -0.4 is 0 Å². The van der Waals surface area contributed by atoms with Crippen molar-refractivity contribution in [1.82, 2.24) is 15.2 Å². The van der Waals surface area contributed by atoms with E-state index in [9.17, 15) is 0 Å². The van der Waals surface area contributed by atoms with Gasteiger partial charge in [0.2, 0.25) is 17.7 Å². The lowest BCUT2D eigenvalue weighted by molar-refractivity contribution is 0.518. The molecule has 0 saturated heterocycles. The molecule has 0 amide bonds. The summed E-state index contributed by atoms with van der Waals surface area (Å²) in [5.74, 6) is 2.23. The van der Waals surface area contributed by atoms with Crippen LogP contribution in [0.5, 0.6) is 0 Å².